The van der Waals surface area contributed by atoms with Gasteiger partial charge in [0.05, 0.1) is 24.1 Å². The van der Waals surface area contributed by atoms with Crippen molar-refractivity contribution in [2.75, 3.05) is 6.61 Å². The number of ketones is 2. The Kier molecular flexibility index (Phi) is 5.82. The van der Waals surface area contributed by atoms with E-state index in [1.54, 1.807) is 24.3 Å². The summed E-state index contributed by atoms with van der Waals surface area (Å²) in [5.74, 6) is -1.36. The summed E-state index contributed by atoms with van der Waals surface area (Å²) in [6.07, 6.45) is 2.42. The van der Waals surface area contributed by atoms with Crippen molar-refractivity contribution in [3.8, 4) is 0 Å². The molecule has 122 valence electrons. The second-order valence-corrected chi connectivity index (χ2v) is 5.57. The number of allylic oxidation sites excluding steroid dienone is 2. The first-order valence-corrected chi connectivity index (χ1v) is 7.78. The lowest BCUT2D eigenvalue weighted by atomic mass is 9.83. The molecule has 5 heteroatoms. The third-order valence-electron chi connectivity index (χ3n) is 4.04. The maximum Gasteiger partial charge on any atom is 0.173 e. The van der Waals surface area contributed by atoms with Gasteiger partial charge in [-0.2, -0.15) is 0 Å². The molecule has 0 saturated heterocycles. The number of aliphatic imine (C=N–C) groups is 1. The molecule has 23 heavy (non-hydrogen) atoms. The average Bonchev–Trinajstić information content (AvgIpc) is 2.58. The summed E-state index contributed by atoms with van der Waals surface area (Å²) < 4.78 is 0. The van der Waals surface area contributed by atoms with Gasteiger partial charge < -0.3 is 10.2 Å². The molecule has 2 N–H and O–H groups in total. The Labute approximate surface area is 135 Å². The van der Waals surface area contributed by atoms with E-state index in [-0.39, 0.29) is 42.0 Å². The van der Waals surface area contributed by atoms with Crippen molar-refractivity contribution in [3.05, 3.63) is 47.2 Å². The molecule has 0 aliphatic heterocycles. The number of hydrogen-bond donors (Lipinski definition) is 2. The van der Waals surface area contributed by atoms with Gasteiger partial charge >= 0.3 is 0 Å². The highest BCUT2D eigenvalue weighted by atomic mass is 16.3. The number of aliphatic hydroxyl groups is 2. The van der Waals surface area contributed by atoms with Crippen LogP contribution in [-0.2, 0) is 4.79 Å². The zero-order valence-corrected chi connectivity index (χ0v) is 13.1. The van der Waals surface area contributed by atoms with Crippen molar-refractivity contribution in [1.29, 1.82) is 0 Å². The highest BCUT2D eigenvalue weighted by Gasteiger charge is 2.32. The monoisotopic (exact) mass is 315 g/mol. The van der Waals surface area contributed by atoms with E-state index in [0.717, 1.165) is 0 Å². The number of carbonyl (C=O) groups is 2. The normalized spacial score (nSPS) is 20.1. The van der Waals surface area contributed by atoms with E-state index < -0.39 is 5.92 Å². The van der Waals surface area contributed by atoms with Crippen molar-refractivity contribution in [2.24, 2.45) is 10.9 Å². The van der Waals surface area contributed by atoms with Crippen LogP contribution in [0.1, 0.15) is 36.5 Å². The molecule has 0 aromatic heterocycles. The molecule has 1 aliphatic rings. The predicted molar refractivity (Wildman–Crippen MR) is 87.8 cm³/mol. The quantitative estimate of drug-likeness (QED) is 0.624. The van der Waals surface area contributed by atoms with Gasteiger partial charge in [-0.05, 0) is 12.8 Å². The minimum absolute atomic E-state index is 0.0810. The minimum Gasteiger partial charge on any atom is -0.511 e. The van der Waals surface area contributed by atoms with Gasteiger partial charge in [0.25, 0.3) is 0 Å². The zero-order chi connectivity index (χ0) is 16.8. The molecule has 0 fully saturated rings. The molecule has 1 aromatic rings. The summed E-state index contributed by atoms with van der Waals surface area (Å²) in [7, 11) is 0. The number of rotatable bonds is 6. The third-order valence-corrected chi connectivity index (χ3v) is 4.04. The molecule has 0 spiro atoms. The minimum atomic E-state index is -0.717. The Morgan fingerprint density at radius 1 is 1.39 bits per heavy atom. The average molecular weight is 315 g/mol. The van der Waals surface area contributed by atoms with E-state index >= 15 is 0 Å². The van der Waals surface area contributed by atoms with Crippen LogP contribution in [0.25, 0.3) is 0 Å². The molecule has 1 aromatic carbocycles. The largest absolute Gasteiger partial charge is 0.511 e. The first-order chi connectivity index (χ1) is 11.1. The van der Waals surface area contributed by atoms with Crippen molar-refractivity contribution < 1.29 is 19.8 Å². The fourth-order valence-corrected chi connectivity index (χ4v) is 2.54. The predicted octanol–water partition coefficient (Wildman–Crippen LogP) is 2.50. The lowest BCUT2D eigenvalue weighted by Gasteiger charge is -2.21. The number of aliphatic hydroxyl groups excluding tert-OH is 2. The topological polar surface area (TPSA) is 87.0 Å². The van der Waals surface area contributed by atoms with Crippen molar-refractivity contribution in [2.45, 2.75) is 32.2 Å². The standard InChI is InChI=1S/C18H21NO4/c1-2-13(11-20)19-10-15-16(21)9-8-14(18(15)23)17(22)12-6-4-3-5-7-12/h3-7,10,13-14,20,23H,2,8-9,11H2,1H3/t13-,14+/m1/s1. The highest BCUT2D eigenvalue weighted by Crippen LogP contribution is 2.28. The number of nitrogens with zero attached hydrogens (tertiary/aromatic N) is 1. The first kappa shape index (κ1) is 17.1. The summed E-state index contributed by atoms with van der Waals surface area (Å²) >= 11 is 0. The Morgan fingerprint density at radius 2 is 2.09 bits per heavy atom. The first-order valence-electron chi connectivity index (χ1n) is 7.78. The maximum atomic E-state index is 12.5. The van der Waals surface area contributed by atoms with E-state index in [0.29, 0.717) is 18.4 Å². The van der Waals surface area contributed by atoms with Crippen LogP contribution < -0.4 is 0 Å². The fourth-order valence-electron chi connectivity index (χ4n) is 2.54. The highest BCUT2D eigenvalue weighted by molar-refractivity contribution is 6.16. The van der Waals surface area contributed by atoms with Gasteiger partial charge in [-0.1, -0.05) is 37.3 Å². The number of hydrogen-bond acceptors (Lipinski definition) is 5. The van der Waals surface area contributed by atoms with Gasteiger partial charge in [-0.25, -0.2) is 0 Å². The van der Waals surface area contributed by atoms with Gasteiger partial charge in [0.2, 0.25) is 0 Å². The number of Topliss-reactive ketones (excluding diaryl/α,β-unsaturated/α-hetero) is 2. The van der Waals surface area contributed by atoms with Crippen LogP contribution >= 0.6 is 0 Å². The molecule has 0 heterocycles. The molecular formula is C18H21NO4. The molecule has 0 unspecified atom stereocenters. The van der Waals surface area contributed by atoms with E-state index in [1.807, 2.05) is 13.0 Å². The van der Waals surface area contributed by atoms with Crippen molar-refractivity contribution in [1.82, 2.24) is 0 Å². The molecular weight excluding hydrogens is 294 g/mol. The van der Waals surface area contributed by atoms with Gasteiger partial charge in [0.1, 0.15) is 5.76 Å². The molecule has 0 bridgehead atoms. The van der Waals surface area contributed by atoms with E-state index in [2.05, 4.69) is 4.99 Å². The Hall–Kier alpha value is -2.27. The van der Waals surface area contributed by atoms with Crippen LogP contribution in [0.15, 0.2) is 46.7 Å². The molecule has 5 nitrogen and oxygen atoms in total. The summed E-state index contributed by atoms with van der Waals surface area (Å²) in [5, 5.41) is 19.5. The van der Waals surface area contributed by atoms with Crippen LogP contribution in [0.5, 0.6) is 0 Å². The molecule has 0 amide bonds. The lowest BCUT2D eigenvalue weighted by Crippen LogP contribution is -2.27. The Balaban J connectivity index is 2.29. The summed E-state index contributed by atoms with van der Waals surface area (Å²) in [4.78, 5) is 28.7. The molecule has 0 saturated carbocycles. The van der Waals surface area contributed by atoms with Crippen LogP contribution in [0.2, 0.25) is 0 Å². The van der Waals surface area contributed by atoms with Gasteiger partial charge in [0.15, 0.2) is 11.6 Å². The summed E-state index contributed by atoms with van der Waals surface area (Å²) in [5.41, 5.74) is 0.592. The number of carbonyl (C=O) groups excluding carboxylic acids is 2. The van der Waals surface area contributed by atoms with Crippen molar-refractivity contribution >= 4 is 17.8 Å². The fraction of sp³-hybridized carbons (Fsp3) is 0.389. The summed E-state index contributed by atoms with van der Waals surface area (Å²) in [6, 6.07) is 8.41. The Bertz CT molecular complexity index is 630. The summed E-state index contributed by atoms with van der Waals surface area (Å²) in [6.45, 7) is 1.75. The Morgan fingerprint density at radius 3 is 2.70 bits per heavy atom. The van der Waals surface area contributed by atoms with Crippen LogP contribution in [0, 0.1) is 5.92 Å². The maximum absolute atomic E-state index is 12.5. The van der Waals surface area contributed by atoms with E-state index in [1.165, 1.54) is 6.21 Å². The SMILES string of the molecule is CC[C@H](CO)N=CC1=C(O)[C@H](C(=O)c2ccccc2)CCC1=O. The van der Waals surface area contributed by atoms with Crippen LogP contribution in [0.4, 0.5) is 0 Å². The lowest BCUT2D eigenvalue weighted by molar-refractivity contribution is -0.116. The molecule has 0 radical (unpaired) electrons. The van der Waals surface area contributed by atoms with Crippen LogP contribution in [0.3, 0.4) is 0 Å². The van der Waals surface area contributed by atoms with Gasteiger partial charge in [-0.3, -0.25) is 14.6 Å². The zero-order valence-electron chi connectivity index (χ0n) is 13.1. The second-order valence-electron chi connectivity index (χ2n) is 5.57. The van der Waals surface area contributed by atoms with Gasteiger partial charge in [-0.15, -0.1) is 0 Å². The van der Waals surface area contributed by atoms with E-state index in [4.69, 9.17) is 5.11 Å². The molecule has 2 rings (SSSR count). The second kappa shape index (κ2) is 7.83. The van der Waals surface area contributed by atoms with Crippen molar-refractivity contribution in [3.63, 3.8) is 0 Å². The molecule has 1 aliphatic carbocycles. The van der Waals surface area contributed by atoms with Crippen LogP contribution in [-0.4, -0.2) is 40.6 Å². The smallest absolute Gasteiger partial charge is 0.173 e. The molecule has 2 atom stereocenters. The van der Waals surface area contributed by atoms with E-state index in [9.17, 15) is 14.7 Å². The van der Waals surface area contributed by atoms with Gasteiger partial charge in [0, 0.05) is 18.2 Å². The number of benzene rings is 1. The third kappa shape index (κ3) is 3.93.